The summed E-state index contributed by atoms with van der Waals surface area (Å²) in [5.41, 5.74) is -1.69. The predicted molar refractivity (Wildman–Crippen MR) is 51.4 cm³/mol. The highest BCUT2D eigenvalue weighted by atomic mass is 19.4. The molecule has 1 nitrogen and oxygen atoms in total. The second-order valence-corrected chi connectivity index (χ2v) is 4.14. The number of benzene rings is 1. The fourth-order valence-electron chi connectivity index (χ4n) is 1.42. The molecule has 0 saturated carbocycles. The molecule has 0 radical (unpaired) electrons. The molecule has 1 aromatic rings. The predicted octanol–water partition coefficient (Wildman–Crippen LogP) is 3.02. The average molecular weight is 218 g/mol. The Morgan fingerprint density at radius 1 is 1.13 bits per heavy atom. The maximum atomic E-state index is 12.5. The van der Waals surface area contributed by atoms with E-state index in [-0.39, 0.29) is 12.0 Å². The third-order valence-corrected chi connectivity index (χ3v) is 1.95. The van der Waals surface area contributed by atoms with Crippen molar-refractivity contribution >= 4 is 0 Å². The van der Waals surface area contributed by atoms with Crippen LogP contribution in [0.25, 0.3) is 0 Å². The minimum Gasteiger partial charge on any atom is -0.390 e. The van der Waals surface area contributed by atoms with Crippen molar-refractivity contribution in [2.45, 2.75) is 32.0 Å². The van der Waals surface area contributed by atoms with Gasteiger partial charge in [-0.25, -0.2) is 0 Å². The number of alkyl halides is 3. The Morgan fingerprint density at radius 3 is 2.13 bits per heavy atom. The Morgan fingerprint density at radius 2 is 1.67 bits per heavy atom. The van der Waals surface area contributed by atoms with Gasteiger partial charge >= 0.3 is 6.18 Å². The van der Waals surface area contributed by atoms with Crippen molar-refractivity contribution < 1.29 is 18.3 Å². The lowest BCUT2D eigenvalue weighted by atomic mass is 9.95. The Kier molecular flexibility index (Phi) is 3.09. The van der Waals surface area contributed by atoms with Crippen LogP contribution in [-0.4, -0.2) is 10.7 Å². The van der Waals surface area contributed by atoms with Gasteiger partial charge in [-0.1, -0.05) is 18.2 Å². The van der Waals surface area contributed by atoms with E-state index in [0.717, 1.165) is 6.07 Å². The molecule has 0 aromatic heterocycles. The van der Waals surface area contributed by atoms with E-state index < -0.39 is 17.3 Å². The van der Waals surface area contributed by atoms with Gasteiger partial charge in [0.05, 0.1) is 11.2 Å². The van der Waals surface area contributed by atoms with Gasteiger partial charge in [-0.05, 0) is 25.5 Å². The summed E-state index contributed by atoms with van der Waals surface area (Å²) >= 11 is 0. The number of hydrogen-bond acceptors (Lipinski definition) is 1. The molecule has 0 unspecified atom stereocenters. The summed E-state index contributed by atoms with van der Waals surface area (Å²) in [6, 6.07) is 5.30. The zero-order valence-electron chi connectivity index (χ0n) is 8.60. The first kappa shape index (κ1) is 12.0. The normalized spacial score (nSPS) is 12.9. The Hall–Kier alpha value is -1.03. The van der Waals surface area contributed by atoms with Gasteiger partial charge in [0.25, 0.3) is 0 Å². The topological polar surface area (TPSA) is 20.2 Å². The van der Waals surface area contributed by atoms with E-state index in [4.69, 9.17) is 0 Å². The fourth-order valence-corrected chi connectivity index (χ4v) is 1.42. The molecule has 0 aliphatic carbocycles. The van der Waals surface area contributed by atoms with Crippen molar-refractivity contribution in [2.24, 2.45) is 0 Å². The molecule has 0 saturated heterocycles. The molecule has 0 bridgehead atoms. The smallest absolute Gasteiger partial charge is 0.390 e. The van der Waals surface area contributed by atoms with Crippen LogP contribution in [-0.2, 0) is 12.6 Å². The lowest BCUT2D eigenvalue weighted by Crippen LogP contribution is -2.24. The van der Waals surface area contributed by atoms with Crippen LogP contribution in [0.5, 0.6) is 0 Å². The summed E-state index contributed by atoms with van der Waals surface area (Å²) in [5, 5.41) is 9.49. The SMILES string of the molecule is CC(C)(O)Cc1ccccc1C(F)(F)F. The van der Waals surface area contributed by atoms with Crippen molar-refractivity contribution in [3.63, 3.8) is 0 Å². The zero-order chi connectivity index (χ0) is 11.7. The standard InChI is InChI=1S/C11H13F3O/c1-10(2,15)7-8-5-3-4-6-9(8)11(12,13)14/h3-6,15H,7H2,1-2H3. The third kappa shape index (κ3) is 3.55. The van der Waals surface area contributed by atoms with E-state index in [1.54, 1.807) is 0 Å². The van der Waals surface area contributed by atoms with E-state index in [0.29, 0.717) is 0 Å². The van der Waals surface area contributed by atoms with Crippen molar-refractivity contribution in [3.8, 4) is 0 Å². The first-order valence-corrected chi connectivity index (χ1v) is 4.58. The van der Waals surface area contributed by atoms with E-state index in [1.165, 1.54) is 32.0 Å². The molecule has 0 aliphatic rings. The van der Waals surface area contributed by atoms with Gasteiger partial charge in [0.2, 0.25) is 0 Å². The Labute approximate surface area is 86.5 Å². The van der Waals surface area contributed by atoms with E-state index in [9.17, 15) is 18.3 Å². The van der Waals surface area contributed by atoms with Gasteiger partial charge in [0, 0.05) is 6.42 Å². The molecule has 0 amide bonds. The van der Waals surface area contributed by atoms with Crippen LogP contribution in [0.2, 0.25) is 0 Å². The minimum absolute atomic E-state index is 0.0112. The van der Waals surface area contributed by atoms with E-state index in [2.05, 4.69) is 0 Å². The highest BCUT2D eigenvalue weighted by molar-refractivity contribution is 5.30. The van der Waals surface area contributed by atoms with Crippen LogP contribution in [0.4, 0.5) is 13.2 Å². The first-order chi connectivity index (χ1) is 6.70. The molecule has 0 heterocycles. The van der Waals surface area contributed by atoms with Crippen molar-refractivity contribution in [1.82, 2.24) is 0 Å². The number of halogens is 3. The van der Waals surface area contributed by atoms with Crippen LogP contribution in [0, 0.1) is 0 Å². The van der Waals surface area contributed by atoms with Gasteiger partial charge in [0.15, 0.2) is 0 Å². The van der Waals surface area contributed by atoms with Gasteiger partial charge in [-0.2, -0.15) is 13.2 Å². The van der Waals surface area contributed by atoms with E-state index in [1.807, 2.05) is 0 Å². The molecular weight excluding hydrogens is 205 g/mol. The van der Waals surface area contributed by atoms with Crippen molar-refractivity contribution in [1.29, 1.82) is 0 Å². The summed E-state index contributed by atoms with van der Waals surface area (Å²) in [6.07, 6.45) is -4.37. The number of rotatable bonds is 2. The Balaban J connectivity index is 3.08. The first-order valence-electron chi connectivity index (χ1n) is 4.58. The molecule has 0 spiro atoms. The summed E-state index contributed by atoms with van der Waals surface area (Å²) in [5.74, 6) is 0. The molecule has 0 atom stereocenters. The Bertz CT molecular complexity index is 336. The van der Waals surface area contributed by atoms with Crippen LogP contribution >= 0.6 is 0 Å². The zero-order valence-corrected chi connectivity index (χ0v) is 8.60. The van der Waals surface area contributed by atoms with Crippen LogP contribution in [0.3, 0.4) is 0 Å². The van der Waals surface area contributed by atoms with Gasteiger partial charge in [0.1, 0.15) is 0 Å². The second kappa shape index (κ2) is 3.85. The van der Waals surface area contributed by atoms with Crippen LogP contribution < -0.4 is 0 Å². The van der Waals surface area contributed by atoms with Gasteiger partial charge < -0.3 is 5.11 Å². The fraction of sp³-hybridized carbons (Fsp3) is 0.455. The van der Waals surface area contributed by atoms with Crippen molar-refractivity contribution in [3.05, 3.63) is 35.4 Å². The highest BCUT2D eigenvalue weighted by Gasteiger charge is 2.33. The highest BCUT2D eigenvalue weighted by Crippen LogP contribution is 2.33. The molecule has 4 heteroatoms. The van der Waals surface area contributed by atoms with Gasteiger partial charge in [-0.15, -0.1) is 0 Å². The molecule has 1 N–H and O–H groups in total. The maximum Gasteiger partial charge on any atom is 0.416 e. The largest absolute Gasteiger partial charge is 0.416 e. The van der Waals surface area contributed by atoms with E-state index >= 15 is 0 Å². The summed E-state index contributed by atoms with van der Waals surface area (Å²) in [7, 11) is 0. The molecule has 1 aromatic carbocycles. The van der Waals surface area contributed by atoms with Crippen molar-refractivity contribution in [2.75, 3.05) is 0 Å². The third-order valence-electron chi connectivity index (χ3n) is 1.95. The van der Waals surface area contributed by atoms with Crippen LogP contribution in [0.15, 0.2) is 24.3 Å². The molecule has 0 fully saturated rings. The number of hydrogen-bond donors (Lipinski definition) is 1. The summed E-state index contributed by atoms with van der Waals surface area (Å²) in [4.78, 5) is 0. The molecular formula is C11H13F3O. The maximum absolute atomic E-state index is 12.5. The molecule has 0 aliphatic heterocycles. The molecule has 15 heavy (non-hydrogen) atoms. The lowest BCUT2D eigenvalue weighted by molar-refractivity contribution is -0.138. The molecule has 1 rings (SSSR count). The second-order valence-electron chi connectivity index (χ2n) is 4.14. The minimum atomic E-state index is -4.36. The summed E-state index contributed by atoms with van der Waals surface area (Å²) in [6.45, 7) is 2.97. The quantitative estimate of drug-likeness (QED) is 0.809. The molecule has 84 valence electrons. The van der Waals surface area contributed by atoms with Crippen LogP contribution in [0.1, 0.15) is 25.0 Å². The lowest BCUT2D eigenvalue weighted by Gasteiger charge is -2.20. The average Bonchev–Trinajstić information content (AvgIpc) is 1.99. The summed E-state index contributed by atoms with van der Waals surface area (Å²) < 4.78 is 37.6. The number of aliphatic hydroxyl groups is 1. The van der Waals surface area contributed by atoms with Gasteiger partial charge in [-0.3, -0.25) is 0 Å². The monoisotopic (exact) mass is 218 g/mol.